The fraction of sp³-hybridized carbons (Fsp3) is 0. The highest BCUT2D eigenvalue weighted by Crippen LogP contribution is 2.29. The van der Waals surface area contributed by atoms with Crippen LogP contribution in [0, 0.1) is 0 Å². The minimum atomic E-state index is 0.656. The van der Waals surface area contributed by atoms with Crippen LogP contribution in [0.15, 0.2) is 48.8 Å². The average Bonchev–Trinajstić information content (AvgIpc) is 2.42. The standard InChI is InChI=1S/C14H11ClN4/c15-11-3-4-12(14-10(11)2-1-6-18-14)19-13-8-9(16)5-7-17-13/h1-8H,(H3,16,17,19). The Bertz CT molecular complexity index is 742. The van der Waals surface area contributed by atoms with Gasteiger partial charge in [0.25, 0.3) is 0 Å². The van der Waals surface area contributed by atoms with Gasteiger partial charge in [-0.15, -0.1) is 0 Å². The van der Waals surface area contributed by atoms with Crippen molar-refractivity contribution in [3.63, 3.8) is 0 Å². The molecule has 0 saturated heterocycles. The fourth-order valence-corrected chi connectivity index (χ4v) is 2.11. The van der Waals surface area contributed by atoms with Gasteiger partial charge in [-0.2, -0.15) is 0 Å². The third kappa shape index (κ3) is 2.30. The van der Waals surface area contributed by atoms with E-state index in [1.165, 1.54) is 0 Å². The predicted octanol–water partition coefficient (Wildman–Crippen LogP) is 3.61. The monoisotopic (exact) mass is 270 g/mol. The minimum Gasteiger partial charge on any atom is -0.399 e. The summed E-state index contributed by atoms with van der Waals surface area (Å²) >= 11 is 6.15. The summed E-state index contributed by atoms with van der Waals surface area (Å²) in [7, 11) is 0. The molecule has 0 spiro atoms. The molecule has 0 saturated carbocycles. The molecule has 0 aliphatic carbocycles. The van der Waals surface area contributed by atoms with Gasteiger partial charge in [0.1, 0.15) is 5.82 Å². The van der Waals surface area contributed by atoms with E-state index >= 15 is 0 Å². The van der Waals surface area contributed by atoms with Crippen molar-refractivity contribution < 1.29 is 0 Å². The summed E-state index contributed by atoms with van der Waals surface area (Å²) in [5.74, 6) is 0.675. The zero-order chi connectivity index (χ0) is 13.2. The van der Waals surface area contributed by atoms with E-state index in [2.05, 4.69) is 15.3 Å². The Morgan fingerprint density at radius 1 is 1.05 bits per heavy atom. The lowest BCUT2D eigenvalue weighted by atomic mass is 10.2. The molecule has 0 unspecified atom stereocenters. The third-order valence-corrected chi connectivity index (χ3v) is 3.09. The molecule has 0 aliphatic heterocycles. The van der Waals surface area contributed by atoms with Gasteiger partial charge >= 0.3 is 0 Å². The summed E-state index contributed by atoms with van der Waals surface area (Å²) in [5.41, 5.74) is 8.04. The molecule has 3 aromatic rings. The smallest absolute Gasteiger partial charge is 0.132 e. The number of fused-ring (bicyclic) bond motifs is 1. The van der Waals surface area contributed by atoms with Crippen LogP contribution in [-0.2, 0) is 0 Å². The van der Waals surface area contributed by atoms with Crippen LogP contribution >= 0.6 is 11.6 Å². The van der Waals surface area contributed by atoms with E-state index < -0.39 is 0 Å². The van der Waals surface area contributed by atoms with Gasteiger partial charge in [0.15, 0.2) is 0 Å². The highest BCUT2D eigenvalue weighted by molar-refractivity contribution is 6.35. The maximum atomic E-state index is 6.15. The lowest BCUT2D eigenvalue weighted by Gasteiger charge is -2.09. The fourth-order valence-electron chi connectivity index (χ4n) is 1.89. The molecule has 2 heterocycles. The minimum absolute atomic E-state index is 0.656. The van der Waals surface area contributed by atoms with E-state index in [4.69, 9.17) is 17.3 Å². The first kappa shape index (κ1) is 11.7. The number of nitrogens with two attached hydrogens (primary N) is 1. The first-order valence-electron chi connectivity index (χ1n) is 5.76. The molecule has 0 fully saturated rings. The first-order valence-corrected chi connectivity index (χ1v) is 6.13. The van der Waals surface area contributed by atoms with Crippen molar-refractivity contribution in [2.45, 2.75) is 0 Å². The zero-order valence-electron chi connectivity index (χ0n) is 9.97. The van der Waals surface area contributed by atoms with E-state index in [9.17, 15) is 0 Å². The maximum absolute atomic E-state index is 6.15. The molecule has 0 bridgehead atoms. The van der Waals surface area contributed by atoms with Gasteiger partial charge in [0.2, 0.25) is 0 Å². The van der Waals surface area contributed by atoms with Crippen LogP contribution in [0.25, 0.3) is 10.9 Å². The largest absolute Gasteiger partial charge is 0.399 e. The number of nitrogen functional groups attached to an aromatic ring is 1. The molecule has 4 nitrogen and oxygen atoms in total. The van der Waals surface area contributed by atoms with Crippen LogP contribution in [0.2, 0.25) is 5.02 Å². The van der Waals surface area contributed by atoms with Crippen LogP contribution in [-0.4, -0.2) is 9.97 Å². The Labute approximate surface area is 115 Å². The SMILES string of the molecule is Nc1ccnc(Nc2ccc(Cl)c3cccnc23)c1. The van der Waals surface area contributed by atoms with Crippen molar-refractivity contribution in [1.82, 2.24) is 9.97 Å². The van der Waals surface area contributed by atoms with Gasteiger partial charge in [-0.1, -0.05) is 11.6 Å². The summed E-state index contributed by atoms with van der Waals surface area (Å²) in [6.45, 7) is 0. The zero-order valence-corrected chi connectivity index (χ0v) is 10.7. The second kappa shape index (κ2) is 4.74. The second-order valence-electron chi connectivity index (χ2n) is 4.09. The molecule has 3 N–H and O–H groups in total. The highest BCUT2D eigenvalue weighted by Gasteiger charge is 2.06. The molecular weight excluding hydrogens is 260 g/mol. The van der Waals surface area contributed by atoms with Gasteiger partial charge in [0.05, 0.1) is 16.2 Å². The maximum Gasteiger partial charge on any atom is 0.132 e. The molecule has 0 radical (unpaired) electrons. The van der Waals surface area contributed by atoms with Crippen LogP contribution in [0.3, 0.4) is 0 Å². The van der Waals surface area contributed by atoms with E-state index in [0.29, 0.717) is 16.5 Å². The van der Waals surface area contributed by atoms with E-state index in [1.54, 1.807) is 24.5 Å². The van der Waals surface area contributed by atoms with Crippen LogP contribution in [0.5, 0.6) is 0 Å². The number of nitrogens with zero attached hydrogens (tertiary/aromatic N) is 2. The van der Waals surface area contributed by atoms with Crippen LogP contribution in [0.4, 0.5) is 17.2 Å². The number of halogens is 1. The number of anilines is 3. The van der Waals surface area contributed by atoms with Crippen molar-refractivity contribution in [2.75, 3.05) is 11.1 Å². The Morgan fingerprint density at radius 3 is 2.79 bits per heavy atom. The highest BCUT2D eigenvalue weighted by atomic mass is 35.5. The van der Waals surface area contributed by atoms with Gasteiger partial charge in [-0.25, -0.2) is 4.98 Å². The molecule has 19 heavy (non-hydrogen) atoms. The Kier molecular flexibility index (Phi) is 2.93. The molecule has 0 aliphatic rings. The quantitative estimate of drug-likeness (QED) is 0.747. The van der Waals surface area contributed by atoms with Crippen molar-refractivity contribution in [2.24, 2.45) is 0 Å². The Balaban J connectivity index is 2.09. The number of pyridine rings is 2. The van der Waals surface area contributed by atoms with Gasteiger partial charge in [0, 0.05) is 29.5 Å². The third-order valence-electron chi connectivity index (χ3n) is 2.76. The normalized spacial score (nSPS) is 10.6. The first-order chi connectivity index (χ1) is 9.24. The Hall–Kier alpha value is -2.33. The van der Waals surface area contributed by atoms with Gasteiger partial charge < -0.3 is 11.1 Å². The van der Waals surface area contributed by atoms with Crippen LogP contribution < -0.4 is 11.1 Å². The van der Waals surface area contributed by atoms with Crippen molar-refractivity contribution in [3.8, 4) is 0 Å². The van der Waals surface area contributed by atoms with Crippen molar-refractivity contribution in [1.29, 1.82) is 0 Å². The molecule has 0 atom stereocenters. The lowest BCUT2D eigenvalue weighted by Crippen LogP contribution is -1.96. The van der Waals surface area contributed by atoms with Crippen LogP contribution in [0.1, 0.15) is 0 Å². The lowest BCUT2D eigenvalue weighted by molar-refractivity contribution is 1.31. The van der Waals surface area contributed by atoms with Crippen molar-refractivity contribution >= 4 is 39.7 Å². The van der Waals surface area contributed by atoms with Gasteiger partial charge in [-0.3, -0.25) is 4.98 Å². The number of rotatable bonds is 2. The summed E-state index contributed by atoms with van der Waals surface area (Å²) in [6, 6.07) is 11.0. The van der Waals surface area contributed by atoms with E-state index in [1.807, 2.05) is 24.3 Å². The molecule has 0 amide bonds. The predicted molar refractivity (Wildman–Crippen MR) is 78.7 cm³/mol. The summed E-state index contributed by atoms with van der Waals surface area (Å²) in [4.78, 5) is 8.57. The van der Waals surface area contributed by atoms with E-state index in [0.717, 1.165) is 16.6 Å². The summed E-state index contributed by atoms with van der Waals surface area (Å²) in [5, 5.41) is 4.78. The van der Waals surface area contributed by atoms with E-state index in [-0.39, 0.29) is 0 Å². The number of aromatic nitrogens is 2. The number of hydrogen-bond donors (Lipinski definition) is 2. The Morgan fingerprint density at radius 2 is 1.95 bits per heavy atom. The second-order valence-corrected chi connectivity index (χ2v) is 4.50. The number of hydrogen-bond acceptors (Lipinski definition) is 4. The molecule has 5 heteroatoms. The summed E-state index contributed by atoms with van der Waals surface area (Å²) in [6.07, 6.45) is 3.39. The summed E-state index contributed by atoms with van der Waals surface area (Å²) < 4.78 is 0. The molecule has 2 aromatic heterocycles. The molecule has 3 rings (SSSR count). The number of benzene rings is 1. The van der Waals surface area contributed by atoms with Gasteiger partial charge in [-0.05, 0) is 30.3 Å². The average molecular weight is 271 g/mol. The molecular formula is C14H11ClN4. The number of nitrogens with one attached hydrogen (secondary N) is 1. The van der Waals surface area contributed by atoms with Crippen molar-refractivity contribution in [3.05, 3.63) is 53.8 Å². The topological polar surface area (TPSA) is 63.8 Å². The molecule has 1 aromatic carbocycles. The molecule has 94 valence electrons.